The number of hydrogen-bond acceptors (Lipinski definition) is 4. The Morgan fingerprint density at radius 1 is 1.30 bits per heavy atom. The van der Waals surface area contributed by atoms with E-state index in [-0.39, 0.29) is 6.61 Å². The summed E-state index contributed by atoms with van der Waals surface area (Å²) in [6.45, 7) is 0.787. The van der Waals surface area contributed by atoms with Crippen LogP contribution in [0.15, 0.2) is 18.2 Å². The van der Waals surface area contributed by atoms with Gasteiger partial charge in [0.15, 0.2) is 0 Å². The van der Waals surface area contributed by atoms with Crippen LogP contribution in [0.1, 0.15) is 37.7 Å². The molecule has 1 aliphatic carbocycles. The second-order valence-electron chi connectivity index (χ2n) is 5.43. The Kier molecular flexibility index (Phi) is 5.25. The highest BCUT2D eigenvalue weighted by atomic mass is 16.3. The molecule has 0 saturated heterocycles. The first kappa shape index (κ1) is 14.7. The average molecular weight is 273 g/mol. The van der Waals surface area contributed by atoms with Crippen LogP contribution in [0.4, 0.5) is 11.4 Å². The van der Waals surface area contributed by atoms with Crippen LogP contribution in [0.3, 0.4) is 0 Å². The lowest BCUT2D eigenvalue weighted by molar-refractivity contribution is 0.290. The number of aliphatic hydroxyl groups excluding tert-OH is 1. The number of nitrogen functional groups attached to an aromatic ring is 1. The summed E-state index contributed by atoms with van der Waals surface area (Å²) in [4.78, 5) is 2.28. The van der Waals surface area contributed by atoms with E-state index in [0.29, 0.717) is 24.7 Å². The molecule has 0 unspecified atom stereocenters. The van der Waals surface area contributed by atoms with Crippen molar-refractivity contribution in [2.24, 2.45) is 0 Å². The third kappa shape index (κ3) is 3.43. The molecule has 1 saturated carbocycles. The van der Waals surface area contributed by atoms with Crippen molar-refractivity contribution in [1.82, 2.24) is 0 Å². The summed E-state index contributed by atoms with van der Waals surface area (Å²) >= 11 is 0. The molecule has 1 fully saturated rings. The highest BCUT2D eigenvalue weighted by Crippen LogP contribution is 2.29. The summed E-state index contributed by atoms with van der Waals surface area (Å²) in [5.41, 5.74) is 8.53. The molecule has 0 radical (unpaired) electrons. The van der Waals surface area contributed by atoms with Gasteiger partial charge in [0.05, 0.1) is 19.1 Å². The minimum absolute atomic E-state index is 0.147. The fourth-order valence-corrected chi connectivity index (χ4v) is 3.03. The van der Waals surface area contributed by atoms with Crippen LogP contribution >= 0.6 is 0 Å². The Bertz CT molecular complexity index is 475. The molecule has 0 heterocycles. The van der Waals surface area contributed by atoms with Crippen LogP contribution in [0.5, 0.6) is 0 Å². The van der Waals surface area contributed by atoms with E-state index in [0.717, 1.165) is 11.3 Å². The Hall–Kier alpha value is -1.73. The summed E-state index contributed by atoms with van der Waals surface area (Å²) in [5, 5.41) is 18.2. The molecule has 4 heteroatoms. The van der Waals surface area contributed by atoms with Gasteiger partial charge >= 0.3 is 0 Å². The number of rotatable bonds is 5. The first-order chi connectivity index (χ1) is 9.76. The molecule has 1 aromatic rings. The fourth-order valence-electron chi connectivity index (χ4n) is 3.03. The van der Waals surface area contributed by atoms with E-state index < -0.39 is 0 Å². The summed E-state index contributed by atoms with van der Waals surface area (Å²) in [6.07, 6.45) is 6.51. The number of nitriles is 1. The molecule has 0 spiro atoms. The Balaban J connectivity index is 2.24. The van der Waals surface area contributed by atoms with Crippen molar-refractivity contribution >= 4 is 11.4 Å². The van der Waals surface area contributed by atoms with Crippen molar-refractivity contribution < 1.29 is 5.11 Å². The Morgan fingerprint density at radius 3 is 2.70 bits per heavy atom. The van der Waals surface area contributed by atoms with E-state index in [1.54, 1.807) is 0 Å². The van der Waals surface area contributed by atoms with Crippen molar-refractivity contribution in [3.63, 3.8) is 0 Å². The van der Waals surface area contributed by atoms with E-state index in [9.17, 15) is 5.11 Å². The van der Waals surface area contributed by atoms with Crippen molar-refractivity contribution in [3.8, 4) is 6.07 Å². The van der Waals surface area contributed by atoms with E-state index in [4.69, 9.17) is 11.0 Å². The average Bonchev–Trinajstić information content (AvgIpc) is 2.48. The van der Waals surface area contributed by atoms with Gasteiger partial charge in [-0.05, 0) is 36.6 Å². The number of nitrogens with zero attached hydrogens (tertiary/aromatic N) is 2. The second-order valence-corrected chi connectivity index (χ2v) is 5.43. The van der Waals surface area contributed by atoms with Gasteiger partial charge in [-0.15, -0.1) is 0 Å². The molecular weight excluding hydrogens is 250 g/mol. The summed E-state index contributed by atoms with van der Waals surface area (Å²) in [6, 6.07) is 8.52. The van der Waals surface area contributed by atoms with Crippen molar-refractivity contribution in [2.75, 3.05) is 23.8 Å². The zero-order valence-corrected chi connectivity index (χ0v) is 11.9. The summed E-state index contributed by atoms with van der Waals surface area (Å²) in [5.74, 6) is 0. The molecule has 0 aromatic heterocycles. The third-order valence-corrected chi connectivity index (χ3v) is 4.08. The van der Waals surface area contributed by atoms with Gasteiger partial charge in [0, 0.05) is 24.0 Å². The van der Waals surface area contributed by atoms with Crippen LogP contribution in [-0.2, 0) is 6.42 Å². The topological polar surface area (TPSA) is 73.3 Å². The van der Waals surface area contributed by atoms with E-state index in [1.807, 2.05) is 18.2 Å². The Labute approximate surface area is 120 Å². The number of benzene rings is 1. The number of hydrogen-bond donors (Lipinski definition) is 2. The van der Waals surface area contributed by atoms with Gasteiger partial charge in [-0.1, -0.05) is 19.3 Å². The maximum Gasteiger partial charge on any atom is 0.0670 e. The molecule has 108 valence electrons. The van der Waals surface area contributed by atoms with Gasteiger partial charge in [0.25, 0.3) is 0 Å². The lowest BCUT2D eigenvalue weighted by atomic mass is 9.93. The van der Waals surface area contributed by atoms with E-state index in [2.05, 4.69) is 11.0 Å². The van der Waals surface area contributed by atoms with Gasteiger partial charge in [0.1, 0.15) is 0 Å². The lowest BCUT2D eigenvalue weighted by Crippen LogP contribution is -2.38. The van der Waals surface area contributed by atoms with Crippen molar-refractivity contribution in [3.05, 3.63) is 23.8 Å². The molecule has 4 nitrogen and oxygen atoms in total. The first-order valence-electron chi connectivity index (χ1n) is 7.39. The molecule has 0 amide bonds. The smallest absolute Gasteiger partial charge is 0.0670 e. The number of aliphatic hydroxyl groups is 1. The molecule has 0 aliphatic heterocycles. The van der Waals surface area contributed by atoms with Gasteiger partial charge in [-0.25, -0.2) is 0 Å². The van der Waals surface area contributed by atoms with Gasteiger partial charge in [-0.2, -0.15) is 5.26 Å². The molecule has 20 heavy (non-hydrogen) atoms. The molecule has 0 atom stereocenters. The van der Waals surface area contributed by atoms with Crippen LogP contribution in [-0.4, -0.2) is 24.3 Å². The van der Waals surface area contributed by atoms with Gasteiger partial charge in [-0.3, -0.25) is 0 Å². The predicted molar refractivity (Wildman–Crippen MR) is 81.5 cm³/mol. The van der Waals surface area contributed by atoms with Crippen molar-refractivity contribution in [2.45, 2.75) is 44.6 Å². The lowest BCUT2D eigenvalue weighted by Gasteiger charge is -2.36. The summed E-state index contributed by atoms with van der Waals surface area (Å²) < 4.78 is 0. The first-order valence-corrected chi connectivity index (χ1v) is 7.39. The van der Waals surface area contributed by atoms with Crippen LogP contribution < -0.4 is 10.6 Å². The quantitative estimate of drug-likeness (QED) is 0.808. The zero-order valence-electron chi connectivity index (χ0n) is 11.9. The van der Waals surface area contributed by atoms with E-state index >= 15 is 0 Å². The maximum absolute atomic E-state index is 9.34. The second kappa shape index (κ2) is 7.16. The minimum atomic E-state index is 0.147. The van der Waals surface area contributed by atoms with Crippen molar-refractivity contribution in [1.29, 1.82) is 5.26 Å². The fraction of sp³-hybridized carbons (Fsp3) is 0.562. The minimum Gasteiger partial charge on any atom is -0.398 e. The summed E-state index contributed by atoms with van der Waals surface area (Å²) in [7, 11) is 0. The molecule has 1 aromatic carbocycles. The maximum atomic E-state index is 9.34. The third-order valence-electron chi connectivity index (χ3n) is 4.08. The normalized spacial score (nSPS) is 15.8. The molecule has 1 aliphatic rings. The molecule has 0 bridgehead atoms. The monoisotopic (exact) mass is 273 g/mol. The van der Waals surface area contributed by atoms with Crippen LogP contribution in [0.2, 0.25) is 0 Å². The molecule has 2 rings (SSSR count). The molecule has 3 N–H and O–H groups in total. The van der Waals surface area contributed by atoms with E-state index in [1.165, 1.54) is 32.1 Å². The predicted octanol–water partition coefficient (Wildman–Crippen LogP) is 2.47. The SMILES string of the molecule is N#CCc1cc(N(CCO)C2CCCCC2)ccc1N. The van der Waals surface area contributed by atoms with Gasteiger partial charge < -0.3 is 15.7 Å². The number of nitrogens with two attached hydrogens (primary N) is 1. The highest BCUT2D eigenvalue weighted by molar-refractivity contribution is 5.59. The Morgan fingerprint density at radius 2 is 2.05 bits per heavy atom. The number of anilines is 2. The largest absolute Gasteiger partial charge is 0.398 e. The van der Waals surface area contributed by atoms with Gasteiger partial charge in [0.2, 0.25) is 0 Å². The zero-order chi connectivity index (χ0) is 14.4. The standard InChI is InChI=1S/C16H23N3O/c17-9-8-13-12-15(6-7-16(13)18)19(10-11-20)14-4-2-1-3-5-14/h6-7,12,14,20H,1-5,8,10-11,18H2. The highest BCUT2D eigenvalue weighted by Gasteiger charge is 2.21. The van der Waals surface area contributed by atoms with Crippen LogP contribution in [0.25, 0.3) is 0 Å². The van der Waals surface area contributed by atoms with Crippen LogP contribution in [0, 0.1) is 11.3 Å². The molecular formula is C16H23N3O.